The lowest BCUT2D eigenvalue weighted by atomic mass is 10.2. The number of nitrogens with one attached hydrogen (secondary N) is 2. The minimum Gasteiger partial charge on any atom is -0.472 e. The Morgan fingerprint density at radius 2 is 2.00 bits per heavy atom. The van der Waals surface area contributed by atoms with Crippen molar-refractivity contribution in [2.24, 2.45) is 0 Å². The van der Waals surface area contributed by atoms with E-state index in [0.717, 1.165) is 11.1 Å². The number of rotatable bonds is 7. The average molecular weight is 309 g/mol. The van der Waals surface area contributed by atoms with Crippen molar-refractivity contribution < 1.29 is 12.8 Å². The first-order valence-corrected chi connectivity index (χ1v) is 8.15. The quantitative estimate of drug-likeness (QED) is 0.812. The summed E-state index contributed by atoms with van der Waals surface area (Å²) in [5.41, 5.74) is 1.70. The zero-order valence-electron chi connectivity index (χ0n) is 12.0. The van der Waals surface area contributed by atoms with E-state index in [0.29, 0.717) is 12.6 Å². The summed E-state index contributed by atoms with van der Waals surface area (Å²) in [4.78, 5) is 4.01. The van der Waals surface area contributed by atoms with E-state index in [4.69, 9.17) is 4.42 Å². The molecule has 0 aliphatic carbocycles. The molecule has 7 heteroatoms. The van der Waals surface area contributed by atoms with Crippen LogP contribution in [0.25, 0.3) is 0 Å². The molecule has 114 valence electrons. The van der Waals surface area contributed by atoms with E-state index in [2.05, 4.69) is 15.0 Å². The minimum absolute atomic E-state index is 0.0132. The van der Waals surface area contributed by atoms with E-state index in [-0.39, 0.29) is 11.6 Å². The van der Waals surface area contributed by atoms with Crippen molar-refractivity contribution in [1.82, 2.24) is 15.0 Å². The number of aromatic nitrogens is 1. The van der Waals surface area contributed by atoms with Gasteiger partial charge in [-0.05, 0) is 17.7 Å². The van der Waals surface area contributed by atoms with Crippen molar-refractivity contribution in [3.63, 3.8) is 0 Å². The fourth-order valence-corrected chi connectivity index (χ4v) is 2.59. The van der Waals surface area contributed by atoms with Crippen LogP contribution in [0.4, 0.5) is 0 Å². The number of pyridine rings is 1. The van der Waals surface area contributed by atoms with Crippen molar-refractivity contribution in [2.45, 2.75) is 38.0 Å². The summed E-state index contributed by atoms with van der Waals surface area (Å²) >= 11 is 0. The fraction of sp³-hybridized carbons (Fsp3) is 0.357. The lowest BCUT2D eigenvalue weighted by molar-refractivity contribution is 0.560. The third-order valence-corrected chi connectivity index (χ3v) is 4.15. The Hall–Kier alpha value is -1.70. The standard InChI is InChI=1S/C14H19N3O3S/c1-11(2)15-7-12-3-4-14(16-8-12)21(18,19)17-9-13-5-6-20-10-13/h3-6,8,10-11,15,17H,7,9H2,1-2H3. The van der Waals surface area contributed by atoms with Gasteiger partial charge in [0.1, 0.15) is 0 Å². The van der Waals surface area contributed by atoms with Crippen LogP contribution in [0.3, 0.4) is 0 Å². The molecule has 0 aliphatic heterocycles. The van der Waals surface area contributed by atoms with Crippen molar-refractivity contribution in [2.75, 3.05) is 0 Å². The Balaban J connectivity index is 1.99. The monoisotopic (exact) mass is 309 g/mol. The molecular weight excluding hydrogens is 290 g/mol. The maximum atomic E-state index is 12.1. The van der Waals surface area contributed by atoms with Crippen LogP contribution in [-0.2, 0) is 23.1 Å². The van der Waals surface area contributed by atoms with Gasteiger partial charge in [-0.3, -0.25) is 0 Å². The molecule has 2 rings (SSSR count). The molecule has 0 spiro atoms. The molecule has 0 saturated heterocycles. The first-order chi connectivity index (χ1) is 9.97. The summed E-state index contributed by atoms with van der Waals surface area (Å²) in [5.74, 6) is 0. The lowest BCUT2D eigenvalue weighted by Gasteiger charge is -2.09. The van der Waals surface area contributed by atoms with E-state index < -0.39 is 10.0 Å². The van der Waals surface area contributed by atoms with Crippen LogP contribution in [0, 0.1) is 0 Å². The second kappa shape index (κ2) is 6.84. The largest absolute Gasteiger partial charge is 0.472 e. The molecule has 2 aromatic rings. The lowest BCUT2D eigenvalue weighted by Crippen LogP contribution is -2.24. The predicted octanol–water partition coefficient (Wildman–Crippen LogP) is 1.65. The molecule has 0 radical (unpaired) electrons. The average Bonchev–Trinajstić information content (AvgIpc) is 2.97. The number of sulfonamides is 1. The van der Waals surface area contributed by atoms with Crippen molar-refractivity contribution >= 4 is 10.0 Å². The molecule has 0 bridgehead atoms. The summed E-state index contributed by atoms with van der Waals surface area (Å²) in [5, 5.41) is 3.26. The highest BCUT2D eigenvalue weighted by Gasteiger charge is 2.15. The first-order valence-electron chi connectivity index (χ1n) is 6.66. The maximum Gasteiger partial charge on any atom is 0.258 e. The zero-order chi connectivity index (χ0) is 15.3. The van der Waals surface area contributed by atoms with Crippen molar-refractivity contribution in [3.05, 3.63) is 48.0 Å². The van der Waals surface area contributed by atoms with Crippen LogP contribution in [0.2, 0.25) is 0 Å². The number of furan rings is 1. The number of hydrogen-bond donors (Lipinski definition) is 2. The summed E-state index contributed by atoms with van der Waals surface area (Å²) in [7, 11) is -3.61. The Morgan fingerprint density at radius 3 is 2.57 bits per heavy atom. The van der Waals surface area contributed by atoms with Crippen LogP contribution in [-0.4, -0.2) is 19.4 Å². The normalized spacial score (nSPS) is 12.0. The van der Waals surface area contributed by atoms with Gasteiger partial charge in [-0.2, -0.15) is 0 Å². The molecule has 0 aliphatic rings. The molecule has 21 heavy (non-hydrogen) atoms. The summed E-state index contributed by atoms with van der Waals surface area (Å²) in [6, 6.07) is 5.34. The van der Waals surface area contributed by atoms with E-state index >= 15 is 0 Å². The van der Waals surface area contributed by atoms with Gasteiger partial charge in [-0.15, -0.1) is 0 Å². The van der Waals surface area contributed by atoms with Gasteiger partial charge in [-0.25, -0.2) is 18.1 Å². The Morgan fingerprint density at radius 1 is 1.19 bits per heavy atom. The van der Waals surface area contributed by atoms with Gasteiger partial charge in [0.05, 0.1) is 12.5 Å². The summed E-state index contributed by atoms with van der Waals surface area (Å²) in [6.45, 7) is 4.93. The van der Waals surface area contributed by atoms with Gasteiger partial charge in [0.25, 0.3) is 10.0 Å². The molecule has 2 heterocycles. The third kappa shape index (κ3) is 4.66. The number of hydrogen-bond acceptors (Lipinski definition) is 5. The molecule has 0 atom stereocenters. The van der Waals surface area contributed by atoms with Crippen molar-refractivity contribution in [1.29, 1.82) is 0 Å². The first kappa shape index (κ1) is 15.7. The highest BCUT2D eigenvalue weighted by Crippen LogP contribution is 2.08. The third-order valence-electron chi connectivity index (χ3n) is 2.83. The fourth-order valence-electron chi connectivity index (χ4n) is 1.64. The predicted molar refractivity (Wildman–Crippen MR) is 78.9 cm³/mol. The highest BCUT2D eigenvalue weighted by molar-refractivity contribution is 7.89. The van der Waals surface area contributed by atoms with Gasteiger partial charge >= 0.3 is 0 Å². The molecule has 0 amide bonds. The van der Waals surface area contributed by atoms with Crippen molar-refractivity contribution in [3.8, 4) is 0 Å². The van der Waals surface area contributed by atoms with Crippen LogP contribution < -0.4 is 10.0 Å². The SMILES string of the molecule is CC(C)NCc1ccc(S(=O)(=O)NCc2ccoc2)nc1. The minimum atomic E-state index is -3.61. The molecular formula is C14H19N3O3S. The van der Waals surface area contributed by atoms with E-state index in [1.165, 1.54) is 18.6 Å². The van der Waals surface area contributed by atoms with Crippen LogP contribution in [0.15, 0.2) is 46.4 Å². The molecule has 2 aromatic heterocycles. The van der Waals surface area contributed by atoms with Crippen LogP contribution in [0.5, 0.6) is 0 Å². The second-order valence-corrected chi connectivity index (χ2v) is 6.71. The Labute approximate surface area is 124 Å². The maximum absolute atomic E-state index is 12.1. The Kier molecular flexibility index (Phi) is 5.11. The van der Waals surface area contributed by atoms with Gasteiger partial charge in [0.15, 0.2) is 5.03 Å². The van der Waals surface area contributed by atoms with Crippen LogP contribution in [0.1, 0.15) is 25.0 Å². The molecule has 2 N–H and O–H groups in total. The van der Waals surface area contributed by atoms with E-state index in [1.54, 1.807) is 18.3 Å². The molecule has 0 aromatic carbocycles. The molecule has 0 saturated carbocycles. The van der Waals surface area contributed by atoms with Gasteiger partial charge in [0, 0.05) is 30.9 Å². The highest BCUT2D eigenvalue weighted by atomic mass is 32.2. The number of nitrogens with zero attached hydrogens (tertiary/aromatic N) is 1. The second-order valence-electron chi connectivity index (χ2n) is 5.00. The van der Waals surface area contributed by atoms with Gasteiger partial charge < -0.3 is 9.73 Å². The summed E-state index contributed by atoms with van der Waals surface area (Å²) < 4.78 is 31.5. The topological polar surface area (TPSA) is 84.2 Å². The summed E-state index contributed by atoms with van der Waals surface area (Å²) in [6.07, 6.45) is 4.57. The molecule has 6 nitrogen and oxygen atoms in total. The van der Waals surface area contributed by atoms with Gasteiger partial charge in [0.2, 0.25) is 0 Å². The van der Waals surface area contributed by atoms with E-state index in [1.807, 2.05) is 13.8 Å². The smallest absolute Gasteiger partial charge is 0.258 e. The Bertz CT molecular complexity index is 649. The van der Waals surface area contributed by atoms with Crippen LogP contribution >= 0.6 is 0 Å². The van der Waals surface area contributed by atoms with Gasteiger partial charge in [-0.1, -0.05) is 19.9 Å². The molecule has 0 unspecified atom stereocenters. The van der Waals surface area contributed by atoms with E-state index in [9.17, 15) is 8.42 Å². The zero-order valence-corrected chi connectivity index (χ0v) is 12.9. The molecule has 0 fully saturated rings.